The second kappa shape index (κ2) is 4.97. The monoisotopic (exact) mass is 277 g/mol. The number of imide groups is 1. The van der Waals surface area contributed by atoms with Crippen LogP contribution in [-0.2, 0) is 9.59 Å². The fraction of sp³-hybridized carbons (Fsp3) is 0.167. The van der Waals surface area contributed by atoms with Crippen LogP contribution < -0.4 is 4.90 Å². The molecule has 8 heteroatoms. The summed E-state index contributed by atoms with van der Waals surface area (Å²) in [4.78, 5) is 38.6. The van der Waals surface area contributed by atoms with E-state index in [0.717, 1.165) is 17.0 Å². The van der Waals surface area contributed by atoms with Gasteiger partial charge in [0.25, 0.3) is 5.91 Å². The van der Waals surface area contributed by atoms with Gasteiger partial charge in [-0.05, 0) is 18.2 Å². The van der Waals surface area contributed by atoms with Gasteiger partial charge in [0, 0.05) is 5.69 Å². The Balaban J connectivity index is 2.33. The maximum absolute atomic E-state index is 13.3. The molecule has 1 heterocycles. The second-order valence-corrected chi connectivity index (χ2v) is 4.02. The molecular weight excluding hydrogens is 269 g/mol. The lowest BCUT2D eigenvalue weighted by molar-refractivity contribution is -0.141. The number of rotatable bonds is 3. The third-order valence-corrected chi connectivity index (χ3v) is 2.66. The molecule has 7 nitrogen and oxygen atoms in total. The summed E-state index contributed by atoms with van der Waals surface area (Å²) in [5.41, 5.74) is 0.0270. The lowest BCUT2D eigenvalue weighted by atomic mass is 10.2. The van der Waals surface area contributed by atoms with Crippen molar-refractivity contribution in [1.82, 2.24) is 4.90 Å². The number of carbonyl (C=O) groups excluding carboxylic acids is 2. The number of carboxylic acids is 1. The predicted molar refractivity (Wildman–Crippen MR) is 64.8 cm³/mol. The number of hydrogen-bond donors (Lipinski definition) is 1. The number of carboxylic acid groups (broad SMARTS) is 1. The zero-order valence-electron chi connectivity index (χ0n) is 10.0. The lowest BCUT2D eigenvalue weighted by Gasteiger charge is -2.16. The van der Waals surface area contributed by atoms with Gasteiger partial charge in [0.15, 0.2) is 5.69 Å². The van der Waals surface area contributed by atoms with Gasteiger partial charge in [-0.15, -0.1) is 0 Å². The standard InChI is InChI=1S/C12H8FN3O4/c1-14-8-2-7(13)3-9(4-8)15-5-10(17)16(12(15)20)6-11(18)19/h2-4H,5-6H2,(H,18,19). The van der Waals surface area contributed by atoms with Gasteiger partial charge in [-0.3, -0.25) is 19.4 Å². The van der Waals surface area contributed by atoms with Gasteiger partial charge in [-0.25, -0.2) is 14.0 Å². The molecule has 0 unspecified atom stereocenters. The smallest absolute Gasteiger partial charge is 0.332 e. The molecule has 3 amide bonds. The highest BCUT2D eigenvalue weighted by molar-refractivity contribution is 6.13. The van der Waals surface area contributed by atoms with Crippen LogP contribution in [0.4, 0.5) is 20.6 Å². The van der Waals surface area contributed by atoms with E-state index in [9.17, 15) is 18.8 Å². The van der Waals surface area contributed by atoms with Crippen molar-refractivity contribution in [3.05, 3.63) is 35.4 Å². The third kappa shape index (κ3) is 2.42. The van der Waals surface area contributed by atoms with E-state index in [0.29, 0.717) is 4.90 Å². The molecule has 1 aromatic rings. The molecule has 1 fully saturated rings. The van der Waals surface area contributed by atoms with E-state index in [1.165, 1.54) is 6.07 Å². The molecule has 1 N–H and O–H groups in total. The van der Waals surface area contributed by atoms with E-state index < -0.39 is 30.3 Å². The first-order valence-corrected chi connectivity index (χ1v) is 5.44. The summed E-state index contributed by atoms with van der Waals surface area (Å²) in [7, 11) is 0. The Bertz CT molecular complexity index is 653. The van der Waals surface area contributed by atoms with Gasteiger partial charge in [0.1, 0.15) is 18.9 Å². The summed E-state index contributed by atoms with van der Waals surface area (Å²) in [6.07, 6.45) is 0. The Labute approximate surface area is 112 Å². The minimum atomic E-state index is -1.32. The number of anilines is 1. The number of urea groups is 1. The van der Waals surface area contributed by atoms with Crippen molar-refractivity contribution in [2.45, 2.75) is 0 Å². The van der Waals surface area contributed by atoms with Crippen LogP contribution in [0.3, 0.4) is 0 Å². The van der Waals surface area contributed by atoms with E-state index in [-0.39, 0.29) is 17.9 Å². The summed E-state index contributed by atoms with van der Waals surface area (Å²) in [6.45, 7) is 5.70. The normalized spacial score (nSPS) is 14.6. The third-order valence-electron chi connectivity index (χ3n) is 2.66. The Kier molecular flexibility index (Phi) is 3.35. The summed E-state index contributed by atoms with van der Waals surface area (Å²) in [5.74, 6) is -2.73. The van der Waals surface area contributed by atoms with Crippen LogP contribution in [0.1, 0.15) is 0 Å². The van der Waals surface area contributed by atoms with E-state index in [1.54, 1.807) is 0 Å². The highest BCUT2D eigenvalue weighted by Gasteiger charge is 2.38. The van der Waals surface area contributed by atoms with Crippen molar-refractivity contribution < 1.29 is 23.9 Å². The molecule has 20 heavy (non-hydrogen) atoms. The Morgan fingerprint density at radius 3 is 2.70 bits per heavy atom. The lowest BCUT2D eigenvalue weighted by Crippen LogP contribution is -2.36. The summed E-state index contributed by atoms with van der Waals surface area (Å²) >= 11 is 0. The first-order chi connectivity index (χ1) is 9.42. The fourth-order valence-corrected chi connectivity index (χ4v) is 1.81. The number of aliphatic carboxylic acids is 1. The van der Waals surface area contributed by atoms with E-state index in [1.807, 2.05) is 0 Å². The van der Waals surface area contributed by atoms with Crippen LogP contribution in [0.2, 0.25) is 0 Å². The van der Waals surface area contributed by atoms with Crippen molar-refractivity contribution in [1.29, 1.82) is 0 Å². The molecule has 1 aliphatic rings. The maximum Gasteiger partial charge on any atom is 0.332 e. The average molecular weight is 277 g/mol. The number of carbonyl (C=O) groups is 3. The zero-order valence-corrected chi connectivity index (χ0v) is 10.0. The van der Waals surface area contributed by atoms with Gasteiger partial charge in [0.2, 0.25) is 0 Å². The van der Waals surface area contributed by atoms with E-state index in [4.69, 9.17) is 11.7 Å². The molecule has 0 bridgehead atoms. The fourth-order valence-electron chi connectivity index (χ4n) is 1.81. The molecule has 1 saturated heterocycles. The van der Waals surface area contributed by atoms with Crippen molar-refractivity contribution in [2.75, 3.05) is 18.0 Å². The Morgan fingerprint density at radius 2 is 2.10 bits per heavy atom. The number of nitrogens with zero attached hydrogens (tertiary/aromatic N) is 3. The SMILES string of the molecule is [C-]#[N+]c1cc(F)cc(N2CC(=O)N(CC(=O)O)C2=O)c1. The van der Waals surface area contributed by atoms with E-state index in [2.05, 4.69) is 4.85 Å². The van der Waals surface area contributed by atoms with Crippen LogP contribution in [0, 0.1) is 12.4 Å². The van der Waals surface area contributed by atoms with Crippen LogP contribution in [0.15, 0.2) is 18.2 Å². The van der Waals surface area contributed by atoms with Crippen LogP contribution in [0.25, 0.3) is 4.85 Å². The molecule has 0 aliphatic carbocycles. The van der Waals surface area contributed by atoms with Crippen LogP contribution >= 0.6 is 0 Å². The molecule has 0 atom stereocenters. The molecule has 1 aliphatic heterocycles. The zero-order chi connectivity index (χ0) is 14.9. The van der Waals surface area contributed by atoms with Crippen LogP contribution in [0.5, 0.6) is 0 Å². The van der Waals surface area contributed by atoms with Gasteiger partial charge in [0.05, 0.1) is 6.57 Å². The minimum Gasteiger partial charge on any atom is -0.480 e. The van der Waals surface area contributed by atoms with Gasteiger partial charge in [-0.2, -0.15) is 0 Å². The molecule has 0 aromatic heterocycles. The second-order valence-electron chi connectivity index (χ2n) is 4.02. The first kappa shape index (κ1) is 13.5. The van der Waals surface area contributed by atoms with Crippen molar-refractivity contribution >= 4 is 29.3 Å². The first-order valence-electron chi connectivity index (χ1n) is 5.44. The van der Waals surface area contributed by atoms with Crippen LogP contribution in [-0.4, -0.2) is 41.0 Å². The average Bonchev–Trinajstić information content (AvgIpc) is 2.65. The molecule has 0 saturated carbocycles. The molecule has 0 spiro atoms. The topological polar surface area (TPSA) is 82.3 Å². The molecule has 0 radical (unpaired) electrons. The summed E-state index contributed by atoms with van der Waals surface area (Å²) in [6, 6.07) is 2.41. The molecule has 2 rings (SSSR count). The Hall–Kier alpha value is -2.95. The summed E-state index contributed by atoms with van der Waals surface area (Å²) in [5, 5.41) is 8.63. The quantitative estimate of drug-likeness (QED) is 0.665. The van der Waals surface area contributed by atoms with E-state index >= 15 is 0 Å². The van der Waals surface area contributed by atoms with Gasteiger partial charge < -0.3 is 5.11 Å². The van der Waals surface area contributed by atoms with Gasteiger partial charge >= 0.3 is 12.0 Å². The van der Waals surface area contributed by atoms with Crippen molar-refractivity contribution in [3.8, 4) is 0 Å². The maximum atomic E-state index is 13.3. The molecule has 102 valence electrons. The Morgan fingerprint density at radius 1 is 1.40 bits per heavy atom. The number of benzene rings is 1. The minimum absolute atomic E-state index is 0.0167. The number of hydrogen-bond acceptors (Lipinski definition) is 3. The highest BCUT2D eigenvalue weighted by atomic mass is 19.1. The van der Waals surface area contributed by atoms with Crippen molar-refractivity contribution in [3.63, 3.8) is 0 Å². The van der Waals surface area contributed by atoms with Crippen molar-refractivity contribution in [2.24, 2.45) is 0 Å². The molecule has 1 aromatic carbocycles. The predicted octanol–water partition coefficient (Wildman–Crippen LogP) is 1.23. The molecular formula is C12H8FN3O4. The number of amides is 3. The number of halogens is 1. The highest BCUT2D eigenvalue weighted by Crippen LogP contribution is 2.27. The van der Waals surface area contributed by atoms with Gasteiger partial charge in [-0.1, -0.05) is 0 Å². The largest absolute Gasteiger partial charge is 0.480 e. The summed E-state index contributed by atoms with van der Waals surface area (Å²) < 4.78 is 13.3.